The topological polar surface area (TPSA) is 72.7 Å². The van der Waals surface area contributed by atoms with Gasteiger partial charge in [-0.15, -0.1) is 0 Å². The fourth-order valence-corrected chi connectivity index (χ4v) is 2.46. The minimum Gasteiger partial charge on any atom is -0.483 e. The average molecular weight is 342 g/mol. The van der Waals surface area contributed by atoms with Crippen LogP contribution in [-0.2, 0) is 4.79 Å². The van der Waals surface area contributed by atoms with Crippen molar-refractivity contribution in [3.63, 3.8) is 0 Å². The molecule has 0 aliphatic rings. The Kier molecular flexibility index (Phi) is 5.75. The molecule has 2 aromatic carbocycles. The molecule has 0 spiro atoms. The summed E-state index contributed by atoms with van der Waals surface area (Å²) in [5.41, 5.74) is 2.82. The number of nitro groups is 1. The highest BCUT2D eigenvalue weighted by atomic mass is 16.6. The minimum atomic E-state index is -0.443. The second-order valence-corrected chi connectivity index (χ2v) is 6.02. The largest absolute Gasteiger partial charge is 0.483 e. The van der Waals surface area contributed by atoms with E-state index in [9.17, 15) is 14.9 Å². The van der Waals surface area contributed by atoms with Crippen molar-refractivity contribution in [1.29, 1.82) is 0 Å². The Morgan fingerprint density at radius 3 is 2.60 bits per heavy atom. The standard InChI is InChI=1S/C19H22N2O4/c1-13-7-5-10-18(14(13)2)25-12-19(22)20(4)15(3)16-8-6-9-17(11-16)21(23)24/h5-11,15H,12H2,1-4H3/t15-/m1/s1. The molecule has 0 saturated heterocycles. The van der Waals surface area contributed by atoms with E-state index in [2.05, 4.69) is 0 Å². The Morgan fingerprint density at radius 1 is 1.24 bits per heavy atom. The van der Waals surface area contributed by atoms with Crippen molar-refractivity contribution in [3.8, 4) is 5.75 Å². The molecule has 0 aliphatic carbocycles. The Balaban J connectivity index is 2.05. The molecule has 1 atom stereocenters. The van der Waals surface area contributed by atoms with E-state index in [1.165, 1.54) is 17.0 Å². The van der Waals surface area contributed by atoms with Crippen LogP contribution in [0.15, 0.2) is 42.5 Å². The van der Waals surface area contributed by atoms with Crippen LogP contribution in [-0.4, -0.2) is 29.4 Å². The highest BCUT2D eigenvalue weighted by Crippen LogP contribution is 2.24. The molecule has 0 N–H and O–H groups in total. The first-order chi connectivity index (χ1) is 11.8. The number of non-ortho nitro benzene ring substituents is 1. The number of carbonyl (C=O) groups excluding carboxylic acids is 1. The molecule has 0 aromatic heterocycles. The Bertz CT molecular complexity index is 789. The molecular weight excluding hydrogens is 320 g/mol. The highest BCUT2D eigenvalue weighted by molar-refractivity contribution is 5.78. The summed E-state index contributed by atoms with van der Waals surface area (Å²) in [6.07, 6.45) is 0. The summed E-state index contributed by atoms with van der Waals surface area (Å²) in [7, 11) is 1.66. The molecule has 0 saturated carbocycles. The zero-order valence-electron chi connectivity index (χ0n) is 14.9. The van der Waals surface area contributed by atoms with Crippen molar-refractivity contribution in [2.24, 2.45) is 0 Å². The number of nitro benzene ring substituents is 1. The molecule has 1 amide bonds. The lowest BCUT2D eigenvalue weighted by Gasteiger charge is -2.25. The van der Waals surface area contributed by atoms with Gasteiger partial charge in [0.15, 0.2) is 6.61 Å². The van der Waals surface area contributed by atoms with Crippen LogP contribution < -0.4 is 4.74 Å². The number of hydrogen-bond donors (Lipinski definition) is 0. The van der Waals surface area contributed by atoms with Gasteiger partial charge in [-0.05, 0) is 43.5 Å². The normalized spacial score (nSPS) is 11.7. The van der Waals surface area contributed by atoms with Crippen molar-refractivity contribution < 1.29 is 14.5 Å². The van der Waals surface area contributed by atoms with Gasteiger partial charge < -0.3 is 9.64 Å². The predicted octanol–water partition coefficient (Wildman–Crippen LogP) is 3.81. The van der Waals surface area contributed by atoms with E-state index in [1.54, 1.807) is 19.2 Å². The number of ether oxygens (including phenoxy) is 1. The van der Waals surface area contributed by atoms with Gasteiger partial charge in [0.05, 0.1) is 11.0 Å². The third-order valence-electron chi connectivity index (χ3n) is 4.44. The zero-order valence-corrected chi connectivity index (χ0v) is 14.9. The van der Waals surface area contributed by atoms with Crippen LogP contribution in [0.1, 0.15) is 29.7 Å². The molecule has 0 bridgehead atoms. The van der Waals surface area contributed by atoms with E-state index >= 15 is 0 Å². The summed E-state index contributed by atoms with van der Waals surface area (Å²) >= 11 is 0. The Labute approximate surface area is 147 Å². The van der Waals surface area contributed by atoms with E-state index in [0.29, 0.717) is 11.3 Å². The maximum absolute atomic E-state index is 12.4. The highest BCUT2D eigenvalue weighted by Gasteiger charge is 2.20. The van der Waals surface area contributed by atoms with E-state index in [-0.39, 0.29) is 24.2 Å². The van der Waals surface area contributed by atoms with Crippen molar-refractivity contribution in [2.75, 3.05) is 13.7 Å². The van der Waals surface area contributed by atoms with Gasteiger partial charge in [0.25, 0.3) is 11.6 Å². The van der Waals surface area contributed by atoms with Crippen LogP contribution in [0.3, 0.4) is 0 Å². The van der Waals surface area contributed by atoms with Gasteiger partial charge in [-0.1, -0.05) is 24.3 Å². The summed E-state index contributed by atoms with van der Waals surface area (Å²) in [6.45, 7) is 5.68. The molecule has 132 valence electrons. The van der Waals surface area contributed by atoms with Crippen LogP contribution in [0.2, 0.25) is 0 Å². The first kappa shape index (κ1) is 18.4. The number of hydrogen-bond acceptors (Lipinski definition) is 4. The summed E-state index contributed by atoms with van der Waals surface area (Å²) in [5.74, 6) is 0.490. The van der Waals surface area contributed by atoms with Gasteiger partial charge in [0.2, 0.25) is 0 Å². The van der Waals surface area contributed by atoms with Crippen LogP contribution in [0.4, 0.5) is 5.69 Å². The van der Waals surface area contributed by atoms with Crippen LogP contribution in [0, 0.1) is 24.0 Å². The zero-order chi connectivity index (χ0) is 18.6. The number of aryl methyl sites for hydroxylation is 1. The number of nitrogens with zero attached hydrogens (tertiary/aromatic N) is 2. The second-order valence-electron chi connectivity index (χ2n) is 6.02. The fraction of sp³-hybridized carbons (Fsp3) is 0.316. The first-order valence-corrected chi connectivity index (χ1v) is 8.00. The molecular formula is C19H22N2O4. The molecule has 0 aliphatic heterocycles. The summed E-state index contributed by atoms with van der Waals surface area (Å²) in [6, 6.07) is 11.7. The third-order valence-corrected chi connectivity index (χ3v) is 4.44. The Morgan fingerprint density at radius 2 is 1.92 bits per heavy atom. The second kappa shape index (κ2) is 7.79. The summed E-state index contributed by atoms with van der Waals surface area (Å²) < 4.78 is 5.65. The Hall–Kier alpha value is -2.89. The molecule has 2 aromatic rings. The van der Waals surface area contributed by atoms with Gasteiger partial charge in [-0.2, -0.15) is 0 Å². The number of benzene rings is 2. The smallest absolute Gasteiger partial charge is 0.269 e. The fourth-order valence-electron chi connectivity index (χ4n) is 2.46. The van der Waals surface area contributed by atoms with E-state index < -0.39 is 4.92 Å². The summed E-state index contributed by atoms with van der Waals surface area (Å²) in [4.78, 5) is 24.4. The van der Waals surface area contributed by atoms with Crippen molar-refractivity contribution in [3.05, 3.63) is 69.3 Å². The lowest BCUT2D eigenvalue weighted by molar-refractivity contribution is -0.384. The quantitative estimate of drug-likeness (QED) is 0.591. The number of likely N-dealkylation sites (N-methyl/N-ethyl adjacent to an activating group) is 1. The molecule has 2 rings (SSSR count). The number of rotatable bonds is 6. The lowest BCUT2D eigenvalue weighted by Crippen LogP contribution is -2.33. The summed E-state index contributed by atoms with van der Waals surface area (Å²) in [5, 5.41) is 10.9. The lowest BCUT2D eigenvalue weighted by atomic mass is 10.1. The molecule has 0 heterocycles. The minimum absolute atomic E-state index is 0.0110. The van der Waals surface area contributed by atoms with Gasteiger partial charge in [0, 0.05) is 19.2 Å². The van der Waals surface area contributed by atoms with Gasteiger partial charge in [0.1, 0.15) is 5.75 Å². The third kappa shape index (κ3) is 4.35. The van der Waals surface area contributed by atoms with Crippen molar-refractivity contribution in [2.45, 2.75) is 26.8 Å². The first-order valence-electron chi connectivity index (χ1n) is 8.00. The van der Waals surface area contributed by atoms with Crippen LogP contribution >= 0.6 is 0 Å². The van der Waals surface area contributed by atoms with Crippen LogP contribution in [0.5, 0.6) is 5.75 Å². The molecule has 0 radical (unpaired) electrons. The molecule has 0 fully saturated rings. The van der Waals surface area contributed by atoms with Crippen molar-refractivity contribution >= 4 is 11.6 Å². The van der Waals surface area contributed by atoms with Crippen molar-refractivity contribution in [1.82, 2.24) is 4.90 Å². The van der Waals surface area contributed by atoms with Gasteiger partial charge in [-0.3, -0.25) is 14.9 Å². The monoisotopic (exact) mass is 342 g/mol. The predicted molar refractivity (Wildman–Crippen MR) is 95.7 cm³/mol. The van der Waals surface area contributed by atoms with Gasteiger partial charge >= 0.3 is 0 Å². The van der Waals surface area contributed by atoms with Gasteiger partial charge in [-0.25, -0.2) is 0 Å². The SMILES string of the molecule is Cc1cccc(OCC(=O)N(C)[C@H](C)c2cccc([N+](=O)[O-])c2)c1C. The van der Waals surface area contributed by atoms with E-state index in [4.69, 9.17) is 4.74 Å². The number of amides is 1. The van der Waals surface area contributed by atoms with Crippen LogP contribution in [0.25, 0.3) is 0 Å². The molecule has 6 nitrogen and oxygen atoms in total. The number of carbonyl (C=O) groups is 1. The molecule has 6 heteroatoms. The molecule has 0 unspecified atom stereocenters. The molecule has 25 heavy (non-hydrogen) atoms. The van der Waals surface area contributed by atoms with E-state index in [0.717, 1.165) is 11.1 Å². The maximum atomic E-state index is 12.4. The average Bonchev–Trinajstić information content (AvgIpc) is 2.61. The van der Waals surface area contributed by atoms with E-state index in [1.807, 2.05) is 39.0 Å². The maximum Gasteiger partial charge on any atom is 0.269 e.